The molecule has 0 spiro atoms. The van der Waals surface area contributed by atoms with E-state index in [1.165, 1.54) is 38.5 Å². The van der Waals surface area contributed by atoms with Gasteiger partial charge in [-0.25, -0.2) is 4.98 Å². The van der Waals surface area contributed by atoms with E-state index >= 15 is 0 Å². The summed E-state index contributed by atoms with van der Waals surface area (Å²) in [6.45, 7) is 10.8. The van der Waals surface area contributed by atoms with Gasteiger partial charge in [0.15, 0.2) is 0 Å². The number of aromatic nitrogens is 2. The van der Waals surface area contributed by atoms with Crippen LogP contribution >= 0.6 is 0 Å². The molecule has 0 aromatic carbocycles. The molecular formula is C16H31N3. The minimum absolute atomic E-state index is 0.150. The van der Waals surface area contributed by atoms with E-state index in [0.717, 1.165) is 18.9 Å². The smallest absolute Gasteiger partial charge is 0.122 e. The van der Waals surface area contributed by atoms with Gasteiger partial charge in [0, 0.05) is 24.5 Å². The molecule has 1 rings (SSSR count). The Labute approximate surface area is 118 Å². The minimum Gasteiger partial charge on any atom is -0.334 e. The Bertz CT molecular complexity index is 336. The largest absolute Gasteiger partial charge is 0.334 e. The lowest BCUT2D eigenvalue weighted by molar-refractivity contribution is 0.409. The monoisotopic (exact) mass is 265 g/mol. The highest BCUT2D eigenvalue weighted by Gasteiger charge is 2.10. The number of nitrogens with zero attached hydrogens (tertiary/aromatic N) is 2. The predicted octanol–water partition coefficient (Wildman–Crippen LogP) is 4.13. The van der Waals surface area contributed by atoms with Crippen LogP contribution in [-0.2, 0) is 13.1 Å². The first-order chi connectivity index (χ1) is 9.03. The Kier molecular flexibility index (Phi) is 7.14. The average molecular weight is 265 g/mol. The Morgan fingerprint density at radius 1 is 1.11 bits per heavy atom. The maximum atomic E-state index is 4.45. The third-order valence-corrected chi connectivity index (χ3v) is 3.33. The van der Waals surface area contributed by atoms with Crippen molar-refractivity contribution in [2.45, 2.75) is 84.8 Å². The third kappa shape index (κ3) is 7.36. The molecule has 3 heteroatoms. The summed E-state index contributed by atoms with van der Waals surface area (Å²) < 4.78 is 2.29. The van der Waals surface area contributed by atoms with Crippen LogP contribution in [0.5, 0.6) is 0 Å². The van der Waals surface area contributed by atoms with Crippen molar-refractivity contribution in [2.75, 3.05) is 0 Å². The number of rotatable bonds is 9. The van der Waals surface area contributed by atoms with Crippen LogP contribution < -0.4 is 5.32 Å². The standard InChI is InChI=1S/C16H31N3/c1-5-6-7-8-9-10-12-19-13-11-17-15(19)14-18-16(2,3)4/h11,13,18H,5-10,12,14H2,1-4H3. The molecule has 110 valence electrons. The fourth-order valence-corrected chi connectivity index (χ4v) is 2.12. The van der Waals surface area contributed by atoms with Gasteiger partial charge in [0.1, 0.15) is 5.82 Å². The van der Waals surface area contributed by atoms with Crippen LogP contribution in [0.4, 0.5) is 0 Å². The van der Waals surface area contributed by atoms with Crippen molar-refractivity contribution in [1.82, 2.24) is 14.9 Å². The van der Waals surface area contributed by atoms with Crippen molar-refractivity contribution in [3.8, 4) is 0 Å². The number of aryl methyl sites for hydroxylation is 1. The molecule has 0 bridgehead atoms. The Balaban J connectivity index is 2.25. The van der Waals surface area contributed by atoms with Gasteiger partial charge in [-0.1, -0.05) is 39.0 Å². The van der Waals surface area contributed by atoms with Gasteiger partial charge in [-0.15, -0.1) is 0 Å². The van der Waals surface area contributed by atoms with Crippen molar-refractivity contribution in [3.05, 3.63) is 18.2 Å². The minimum atomic E-state index is 0.150. The van der Waals surface area contributed by atoms with E-state index < -0.39 is 0 Å². The number of imidazole rings is 1. The van der Waals surface area contributed by atoms with Crippen LogP contribution in [-0.4, -0.2) is 15.1 Å². The number of hydrogen-bond acceptors (Lipinski definition) is 2. The molecule has 0 fully saturated rings. The van der Waals surface area contributed by atoms with Crippen molar-refractivity contribution in [3.63, 3.8) is 0 Å². The zero-order valence-corrected chi connectivity index (χ0v) is 13.2. The first-order valence-electron chi connectivity index (χ1n) is 7.78. The summed E-state index contributed by atoms with van der Waals surface area (Å²) in [4.78, 5) is 4.45. The zero-order chi connectivity index (χ0) is 14.1. The van der Waals surface area contributed by atoms with Crippen molar-refractivity contribution in [1.29, 1.82) is 0 Å². The van der Waals surface area contributed by atoms with E-state index in [4.69, 9.17) is 0 Å². The summed E-state index contributed by atoms with van der Waals surface area (Å²) in [5, 5.41) is 3.50. The molecule has 0 saturated heterocycles. The maximum absolute atomic E-state index is 4.45. The van der Waals surface area contributed by atoms with Crippen molar-refractivity contribution in [2.24, 2.45) is 0 Å². The van der Waals surface area contributed by atoms with Crippen LogP contribution in [0.3, 0.4) is 0 Å². The van der Waals surface area contributed by atoms with Gasteiger partial charge in [0.25, 0.3) is 0 Å². The van der Waals surface area contributed by atoms with Gasteiger partial charge < -0.3 is 9.88 Å². The summed E-state index contributed by atoms with van der Waals surface area (Å²) in [6.07, 6.45) is 12.1. The van der Waals surface area contributed by atoms with E-state index in [9.17, 15) is 0 Å². The predicted molar refractivity (Wildman–Crippen MR) is 82.2 cm³/mol. The van der Waals surface area contributed by atoms with Crippen LogP contribution in [0.25, 0.3) is 0 Å². The topological polar surface area (TPSA) is 29.9 Å². The molecule has 19 heavy (non-hydrogen) atoms. The fraction of sp³-hybridized carbons (Fsp3) is 0.812. The molecule has 1 N–H and O–H groups in total. The van der Waals surface area contributed by atoms with E-state index in [1.54, 1.807) is 0 Å². The van der Waals surface area contributed by atoms with Crippen molar-refractivity contribution >= 4 is 0 Å². The summed E-state index contributed by atoms with van der Waals surface area (Å²) in [5.74, 6) is 1.16. The van der Waals surface area contributed by atoms with Gasteiger partial charge in [0.2, 0.25) is 0 Å². The zero-order valence-electron chi connectivity index (χ0n) is 13.2. The van der Waals surface area contributed by atoms with Crippen LogP contribution in [0.2, 0.25) is 0 Å². The third-order valence-electron chi connectivity index (χ3n) is 3.33. The van der Waals surface area contributed by atoms with Crippen LogP contribution in [0.1, 0.15) is 72.0 Å². The normalized spacial score (nSPS) is 12.0. The quantitative estimate of drug-likeness (QED) is 0.680. The second-order valence-corrected chi connectivity index (χ2v) is 6.41. The van der Waals surface area contributed by atoms with E-state index in [1.807, 2.05) is 6.20 Å². The highest BCUT2D eigenvalue weighted by atomic mass is 15.1. The van der Waals surface area contributed by atoms with E-state index in [0.29, 0.717) is 0 Å². The van der Waals surface area contributed by atoms with Gasteiger partial charge >= 0.3 is 0 Å². The van der Waals surface area contributed by atoms with Gasteiger partial charge in [-0.05, 0) is 27.2 Å². The first kappa shape index (κ1) is 16.2. The molecule has 0 atom stereocenters. The lowest BCUT2D eigenvalue weighted by atomic mass is 10.1. The van der Waals surface area contributed by atoms with E-state index in [2.05, 4.69) is 48.8 Å². The highest BCUT2D eigenvalue weighted by Crippen LogP contribution is 2.08. The summed E-state index contributed by atoms with van der Waals surface area (Å²) in [5.41, 5.74) is 0.150. The molecule has 0 amide bonds. The number of hydrogen-bond donors (Lipinski definition) is 1. The molecule has 1 aromatic rings. The molecule has 0 aliphatic rings. The molecule has 0 radical (unpaired) electrons. The molecule has 3 nitrogen and oxygen atoms in total. The fourth-order valence-electron chi connectivity index (χ4n) is 2.12. The molecule has 0 aliphatic heterocycles. The average Bonchev–Trinajstić information content (AvgIpc) is 2.78. The number of nitrogens with one attached hydrogen (secondary N) is 1. The van der Waals surface area contributed by atoms with Gasteiger partial charge in [0.05, 0.1) is 6.54 Å². The molecule has 1 heterocycles. The van der Waals surface area contributed by atoms with E-state index in [-0.39, 0.29) is 5.54 Å². The number of unbranched alkanes of at least 4 members (excludes halogenated alkanes) is 5. The molecule has 0 saturated carbocycles. The van der Waals surface area contributed by atoms with Crippen LogP contribution in [0, 0.1) is 0 Å². The Morgan fingerprint density at radius 3 is 2.47 bits per heavy atom. The molecule has 0 aliphatic carbocycles. The molecule has 1 aromatic heterocycles. The molecular weight excluding hydrogens is 234 g/mol. The van der Waals surface area contributed by atoms with Crippen molar-refractivity contribution < 1.29 is 0 Å². The Morgan fingerprint density at radius 2 is 1.79 bits per heavy atom. The second-order valence-electron chi connectivity index (χ2n) is 6.41. The molecule has 0 unspecified atom stereocenters. The summed E-state index contributed by atoms with van der Waals surface area (Å²) in [7, 11) is 0. The summed E-state index contributed by atoms with van der Waals surface area (Å²) >= 11 is 0. The van der Waals surface area contributed by atoms with Gasteiger partial charge in [-0.3, -0.25) is 0 Å². The van der Waals surface area contributed by atoms with Crippen LogP contribution in [0.15, 0.2) is 12.4 Å². The Hall–Kier alpha value is -0.830. The second kappa shape index (κ2) is 8.36. The first-order valence-corrected chi connectivity index (χ1v) is 7.78. The highest BCUT2D eigenvalue weighted by molar-refractivity contribution is 4.93. The lowest BCUT2D eigenvalue weighted by Crippen LogP contribution is -2.35. The maximum Gasteiger partial charge on any atom is 0.122 e. The summed E-state index contributed by atoms with van der Waals surface area (Å²) in [6, 6.07) is 0. The lowest BCUT2D eigenvalue weighted by Gasteiger charge is -2.20. The SMILES string of the molecule is CCCCCCCCn1ccnc1CNC(C)(C)C. The van der Waals surface area contributed by atoms with Gasteiger partial charge in [-0.2, -0.15) is 0 Å².